The van der Waals surface area contributed by atoms with E-state index in [-0.39, 0.29) is 35.8 Å². The van der Waals surface area contributed by atoms with Gasteiger partial charge in [0.25, 0.3) is 0 Å². The van der Waals surface area contributed by atoms with Crippen molar-refractivity contribution in [3.63, 3.8) is 0 Å². The molecule has 1 heterocycles. The summed E-state index contributed by atoms with van der Waals surface area (Å²) in [6, 6.07) is 12.8. The summed E-state index contributed by atoms with van der Waals surface area (Å²) in [5.41, 5.74) is 7.20. The number of hydrogen-bond acceptors (Lipinski definition) is 5. The molecule has 2 amide bonds. The van der Waals surface area contributed by atoms with Gasteiger partial charge in [-0.25, -0.2) is 0 Å². The Morgan fingerprint density at radius 1 is 1.07 bits per heavy atom. The van der Waals surface area contributed by atoms with Crippen LogP contribution in [0.25, 0.3) is 0 Å². The van der Waals surface area contributed by atoms with Crippen molar-refractivity contribution in [2.45, 2.75) is 50.7 Å². The van der Waals surface area contributed by atoms with Crippen molar-refractivity contribution >= 4 is 11.8 Å². The van der Waals surface area contributed by atoms with E-state index < -0.39 is 12.1 Å². The molecule has 0 radical (unpaired) electrons. The normalized spacial score (nSPS) is 20.1. The van der Waals surface area contributed by atoms with Crippen molar-refractivity contribution in [1.82, 2.24) is 10.2 Å². The fourth-order valence-electron chi connectivity index (χ4n) is 3.89. The molecule has 5 N–H and O–H groups in total. The van der Waals surface area contributed by atoms with Crippen LogP contribution in [0, 0.1) is 0 Å². The van der Waals surface area contributed by atoms with E-state index in [0.717, 1.165) is 18.4 Å². The molecule has 1 aliphatic rings. The summed E-state index contributed by atoms with van der Waals surface area (Å²) in [6.07, 6.45) is 2.03. The minimum Gasteiger partial charge on any atom is -0.504 e. The molecule has 0 bridgehead atoms. The Hall–Kier alpha value is -3.06. The first-order valence-corrected chi connectivity index (χ1v) is 10.3. The van der Waals surface area contributed by atoms with Gasteiger partial charge in [0.1, 0.15) is 12.1 Å². The molecule has 3 rings (SSSR count). The lowest BCUT2D eigenvalue weighted by Gasteiger charge is -2.41. The van der Waals surface area contributed by atoms with Gasteiger partial charge in [-0.1, -0.05) is 43.3 Å². The fraction of sp³-hybridized carbons (Fsp3) is 0.391. The predicted octanol–water partition coefficient (Wildman–Crippen LogP) is 2.23. The minimum atomic E-state index is -0.670. The van der Waals surface area contributed by atoms with E-state index in [0.29, 0.717) is 18.5 Å². The van der Waals surface area contributed by atoms with Gasteiger partial charge in [-0.2, -0.15) is 0 Å². The van der Waals surface area contributed by atoms with E-state index >= 15 is 0 Å². The van der Waals surface area contributed by atoms with E-state index in [9.17, 15) is 19.8 Å². The average Bonchev–Trinajstić information content (AvgIpc) is 2.75. The highest BCUT2D eigenvalue weighted by molar-refractivity contribution is 5.97. The number of rotatable bonds is 8. The number of nitrogens with zero attached hydrogens (tertiary/aromatic N) is 1. The molecule has 1 saturated heterocycles. The molecule has 1 fully saturated rings. The molecule has 3 atom stereocenters. The van der Waals surface area contributed by atoms with Crippen LogP contribution in [-0.4, -0.2) is 45.6 Å². The van der Waals surface area contributed by atoms with E-state index in [4.69, 9.17) is 5.73 Å². The van der Waals surface area contributed by atoms with Crippen LogP contribution in [-0.2, 0) is 16.1 Å². The maximum atomic E-state index is 13.5. The Labute approximate surface area is 176 Å². The van der Waals surface area contributed by atoms with Crippen molar-refractivity contribution in [3.8, 4) is 11.5 Å². The summed E-state index contributed by atoms with van der Waals surface area (Å²) in [4.78, 5) is 28.0. The second-order valence-electron chi connectivity index (χ2n) is 7.78. The second-order valence-corrected chi connectivity index (χ2v) is 7.78. The fourth-order valence-corrected chi connectivity index (χ4v) is 3.89. The van der Waals surface area contributed by atoms with Crippen molar-refractivity contribution in [1.29, 1.82) is 0 Å². The smallest absolute Gasteiger partial charge is 0.246 e. The Morgan fingerprint density at radius 3 is 2.47 bits per heavy atom. The molecule has 160 valence electrons. The van der Waals surface area contributed by atoms with Gasteiger partial charge in [0, 0.05) is 12.5 Å². The van der Waals surface area contributed by atoms with Crippen LogP contribution in [0.3, 0.4) is 0 Å². The number of unbranched alkanes of at least 4 members (excludes halogenated alkanes) is 1. The molecule has 0 spiro atoms. The van der Waals surface area contributed by atoms with Gasteiger partial charge in [-0.15, -0.1) is 0 Å². The molecule has 3 unspecified atom stereocenters. The van der Waals surface area contributed by atoms with Gasteiger partial charge in [-0.05, 0) is 49.1 Å². The zero-order chi connectivity index (χ0) is 21.7. The van der Waals surface area contributed by atoms with Crippen LogP contribution in [0.15, 0.2) is 48.5 Å². The van der Waals surface area contributed by atoms with Crippen LogP contribution in [0.5, 0.6) is 11.5 Å². The first-order valence-electron chi connectivity index (χ1n) is 10.3. The number of piperazine rings is 1. The zero-order valence-electron chi connectivity index (χ0n) is 17.1. The molecule has 2 aromatic carbocycles. The lowest BCUT2D eigenvalue weighted by atomic mass is 9.89. The number of aromatic hydroxyl groups is 2. The Bertz CT molecular complexity index is 887. The lowest BCUT2D eigenvalue weighted by Crippen LogP contribution is -2.64. The van der Waals surface area contributed by atoms with Crippen LogP contribution in [0.4, 0.5) is 0 Å². The molecule has 7 nitrogen and oxygen atoms in total. The van der Waals surface area contributed by atoms with Gasteiger partial charge in [-0.3, -0.25) is 9.59 Å². The van der Waals surface area contributed by atoms with Gasteiger partial charge >= 0.3 is 0 Å². The highest BCUT2D eigenvalue weighted by Gasteiger charge is 2.42. The highest BCUT2D eigenvalue weighted by atomic mass is 16.3. The molecule has 0 saturated carbocycles. The number of nitrogens with two attached hydrogens (primary N) is 1. The predicted molar refractivity (Wildman–Crippen MR) is 114 cm³/mol. The number of nitrogens with one attached hydrogen (secondary N) is 1. The maximum Gasteiger partial charge on any atom is 0.246 e. The number of amides is 2. The Morgan fingerprint density at radius 2 is 1.80 bits per heavy atom. The summed E-state index contributed by atoms with van der Waals surface area (Å²) < 4.78 is 0. The van der Waals surface area contributed by atoms with Crippen LogP contribution >= 0.6 is 0 Å². The standard InChI is InChI=1S/C23H29N3O4/c1-15(17-7-3-2-4-8-17)21-23(30)26(14-16-10-11-19(27)20(28)13-16)18(22(29)25-21)9-5-6-12-24/h2-4,7-8,10-11,13,15,18,21,27-28H,5-6,9,12,14,24H2,1H3,(H,25,29). The van der Waals surface area contributed by atoms with Gasteiger partial charge < -0.3 is 26.2 Å². The van der Waals surface area contributed by atoms with Gasteiger partial charge in [0.15, 0.2) is 11.5 Å². The third kappa shape index (κ3) is 4.74. The zero-order valence-corrected chi connectivity index (χ0v) is 17.1. The summed E-state index contributed by atoms with van der Waals surface area (Å²) in [5.74, 6) is -1.01. The van der Waals surface area contributed by atoms with Crippen molar-refractivity contribution in [2.75, 3.05) is 6.54 Å². The maximum absolute atomic E-state index is 13.5. The molecule has 1 aliphatic heterocycles. The Kier molecular flexibility index (Phi) is 6.95. The Balaban J connectivity index is 1.87. The summed E-state index contributed by atoms with van der Waals surface area (Å²) in [6.45, 7) is 2.63. The first-order chi connectivity index (χ1) is 14.4. The topological polar surface area (TPSA) is 116 Å². The van der Waals surface area contributed by atoms with Crippen molar-refractivity contribution in [2.24, 2.45) is 5.73 Å². The lowest BCUT2D eigenvalue weighted by molar-refractivity contribution is -0.151. The van der Waals surface area contributed by atoms with E-state index in [2.05, 4.69) is 5.32 Å². The number of carbonyl (C=O) groups is 2. The average molecular weight is 412 g/mol. The summed E-state index contributed by atoms with van der Waals surface area (Å²) in [7, 11) is 0. The molecule has 2 aromatic rings. The molecule has 7 heteroatoms. The van der Waals surface area contributed by atoms with Crippen LogP contribution in [0.2, 0.25) is 0 Å². The molecule has 0 aromatic heterocycles. The SMILES string of the molecule is CC(c1ccccc1)C1NC(=O)C(CCCCN)N(Cc2ccc(O)c(O)c2)C1=O. The highest BCUT2D eigenvalue weighted by Crippen LogP contribution is 2.29. The summed E-state index contributed by atoms with van der Waals surface area (Å²) in [5, 5.41) is 22.3. The van der Waals surface area contributed by atoms with Crippen molar-refractivity contribution in [3.05, 3.63) is 59.7 Å². The third-order valence-corrected chi connectivity index (χ3v) is 5.68. The van der Waals surface area contributed by atoms with Gasteiger partial charge in [0.2, 0.25) is 11.8 Å². The molecule has 0 aliphatic carbocycles. The molecular formula is C23H29N3O4. The van der Waals surface area contributed by atoms with E-state index in [1.807, 2.05) is 37.3 Å². The van der Waals surface area contributed by atoms with Gasteiger partial charge in [0.05, 0.1) is 0 Å². The quantitative estimate of drug-likeness (QED) is 0.393. The third-order valence-electron chi connectivity index (χ3n) is 5.68. The minimum absolute atomic E-state index is 0.156. The number of benzene rings is 2. The van der Waals surface area contributed by atoms with Crippen LogP contribution < -0.4 is 11.1 Å². The summed E-state index contributed by atoms with van der Waals surface area (Å²) >= 11 is 0. The first kappa shape index (κ1) is 21.6. The molecular weight excluding hydrogens is 382 g/mol. The number of phenols is 2. The molecule has 30 heavy (non-hydrogen) atoms. The number of phenolic OH excluding ortho intramolecular Hbond substituents is 2. The monoisotopic (exact) mass is 411 g/mol. The second kappa shape index (κ2) is 9.63. The van der Waals surface area contributed by atoms with E-state index in [1.165, 1.54) is 12.1 Å². The van der Waals surface area contributed by atoms with E-state index in [1.54, 1.807) is 11.0 Å². The largest absolute Gasteiger partial charge is 0.504 e. The van der Waals surface area contributed by atoms with Crippen molar-refractivity contribution < 1.29 is 19.8 Å². The number of hydrogen-bond donors (Lipinski definition) is 4. The number of carbonyl (C=O) groups excluding carboxylic acids is 2. The van der Waals surface area contributed by atoms with Crippen LogP contribution in [0.1, 0.15) is 43.2 Å².